The molecule has 110 valence electrons. The van der Waals surface area contributed by atoms with E-state index in [1.807, 2.05) is 26.2 Å². The predicted octanol–water partition coefficient (Wildman–Crippen LogP) is 2.14. The summed E-state index contributed by atoms with van der Waals surface area (Å²) in [6.45, 7) is 1.57. The molecule has 0 spiro atoms. The number of nitrogens with two attached hydrogens (primary N) is 1. The molecule has 0 aliphatic heterocycles. The van der Waals surface area contributed by atoms with Crippen LogP contribution in [0.3, 0.4) is 0 Å². The smallest absolute Gasteiger partial charge is 0.248 e. The third-order valence-corrected chi connectivity index (χ3v) is 3.35. The molecule has 0 unspecified atom stereocenters. The molecule has 0 aliphatic carbocycles. The zero-order valence-electron chi connectivity index (χ0n) is 12.5. The number of nitrogens with zero attached hydrogens (tertiary/aromatic N) is 1. The van der Waals surface area contributed by atoms with Crippen LogP contribution in [0.15, 0.2) is 48.5 Å². The molecule has 4 heteroatoms. The minimum Gasteiger partial charge on any atom is -0.378 e. The quantitative estimate of drug-likeness (QED) is 0.854. The first-order valence-electron chi connectivity index (χ1n) is 6.92. The fourth-order valence-corrected chi connectivity index (χ4v) is 2.05. The van der Waals surface area contributed by atoms with Crippen LogP contribution in [0.2, 0.25) is 0 Å². The van der Waals surface area contributed by atoms with Crippen LogP contribution in [0.5, 0.6) is 0 Å². The number of nitrogens with one attached hydrogen (secondary N) is 1. The molecule has 0 radical (unpaired) electrons. The Bertz CT molecular complexity index is 588. The van der Waals surface area contributed by atoms with E-state index >= 15 is 0 Å². The SMILES string of the molecule is CN(C)c1ccc(CNCc2ccc(C(N)=O)cc2)cc1. The van der Waals surface area contributed by atoms with Crippen molar-refractivity contribution in [2.45, 2.75) is 13.1 Å². The highest BCUT2D eigenvalue weighted by Crippen LogP contribution is 2.12. The molecule has 0 fully saturated rings. The molecule has 2 aromatic rings. The van der Waals surface area contributed by atoms with E-state index in [1.165, 1.54) is 11.3 Å². The van der Waals surface area contributed by atoms with Gasteiger partial charge in [-0.15, -0.1) is 0 Å². The van der Waals surface area contributed by atoms with Crippen LogP contribution >= 0.6 is 0 Å². The highest BCUT2D eigenvalue weighted by molar-refractivity contribution is 5.92. The van der Waals surface area contributed by atoms with E-state index in [4.69, 9.17) is 5.73 Å². The Morgan fingerprint density at radius 2 is 1.43 bits per heavy atom. The van der Waals surface area contributed by atoms with Crippen molar-refractivity contribution in [3.8, 4) is 0 Å². The van der Waals surface area contributed by atoms with Crippen molar-refractivity contribution in [1.29, 1.82) is 0 Å². The topological polar surface area (TPSA) is 58.4 Å². The first-order valence-corrected chi connectivity index (χ1v) is 6.92. The second-order valence-electron chi connectivity index (χ2n) is 5.23. The average Bonchev–Trinajstić information content (AvgIpc) is 2.48. The summed E-state index contributed by atoms with van der Waals surface area (Å²) in [6, 6.07) is 15.8. The van der Waals surface area contributed by atoms with Gasteiger partial charge in [-0.2, -0.15) is 0 Å². The molecule has 2 aromatic carbocycles. The number of carbonyl (C=O) groups excluding carboxylic acids is 1. The number of primary amides is 1. The van der Waals surface area contributed by atoms with Crippen LogP contribution in [0.1, 0.15) is 21.5 Å². The van der Waals surface area contributed by atoms with Crippen LogP contribution in [0.25, 0.3) is 0 Å². The van der Waals surface area contributed by atoms with Crippen LogP contribution < -0.4 is 16.0 Å². The molecule has 2 rings (SSSR count). The molecular formula is C17H21N3O. The Kier molecular flexibility index (Phi) is 4.95. The molecule has 0 bridgehead atoms. The molecule has 0 heterocycles. The number of rotatable bonds is 6. The molecule has 0 atom stereocenters. The molecular weight excluding hydrogens is 262 g/mol. The van der Waals surface area contributed by atoms with Gasteiger partial charge in [0.15, 0.2) is 0 Å². The van der Waals surface area contributed by atoms with Crippen molar-refractivity contribution in [3.05, 3.63) is 65.2 Å². The van der Waals surface area contributed by atoms with Crippen molar-refractivity contribution in [2.24, 2.45) is 5.73 Å². The van der Waals surface area contributed by atoms with Gasteiger partial charge in [-0.05, 0) is 35.4 Å². The summed E-state index contributed by atoms with van der Waals surface area (Å²) >= 11 is 0. The fraction of sp³-hybridized carbons (Fsp3) is 0.235. The second kappa shape index (κ2) is 6.90. The van der Waals surface area contributed by atoms with E-state index in [9.17, 15) is 4.79 Å². The van der Waals surface area contributed by atoms with Gasteiger partial charge >= 0.3 is 0 Å². The van der Waals surface area contributed by atoms with Gasteiger partial charge in [0.2, 0.25) is 5.91 Å². The van der Waals surface area contributed by atoms with Crippen LogP contribution in [-0.2, 0) is 13.1 Å². The lowest BCUT2D eigenvalue weighted by Crippen LogP contribution is -2.14. The number of carbonyl (C=O) groups is 1. The monoisotopic (exact) mass is 283 g/mol. The normalized spacial score (nSPS) is 10.4. The first kappa shape index (κ1) is 15.1. The molecule has 0 aliphatic rings. The molecule has 0 saturated heterocycles. The van der Waals surface area contributed by atoms with Gasteiger partial charge in [0, 0.05) is 38.4 Å². The number of hydrogen-bond acceptors (Lipinski definition) is 3. The molecule has 3 N–H and O–H groups in total. The Balaban J connectivity index is 1.85. The predicted molar refractivity (Wildman–Crippen MR) is 86.3 cm³/mol. The minimum absolute atomic E-state index is 0.393. The molecule has 0 saturated carbocycles. The second-order valence-corrected chi connectivity index (χ2v) is 5.23. The zero-order chi connectivity index (χ0) is 15.2. The Morgan fingerprint density at radius 1 is 0.952 bits per heavy atom. The van der Waals surface area contributed by atoms with E-state index in [-0.39, 0.29) is 0 Å². The van der Waals surface area contributed by atoms with E-state index in [2.05, 4.69) is 34.5 Å². The van der Waals surface area contributed by atoms with Gasteiger partial charge < -0.3 is 16.0 Å². The maximum absolute atomic E-state index is 11.0. The highest BCUT2D eigenvalue weighted by atomic mass is 16.1. The van der Waals surface area contributed by atoms with Crippen molar-refractivity contribution >= 4 is 11.6 Å². The van der Waals surface area contributed by atoms with Crippen molar-refractivity contribution in [1.82, 2.24) is 5.32 Å². The van der Waals surface area contributed by atoms with Crippen molar-refractivity contribution in [3.63, 3.8) is 0 Å². The number of anilines is 1. The average molecular weight is 283 g/mol. The maximum atomic E-state index is 11.0. The number of amides is 1. The number of benzene rings is 2. The number of hydrogen-bond donors (Lipinski definition) is 2. The summed E-state index contributed by atoms with van der Waals surface area (Å²) in [5.41, 5.74) is 9.32. The molecule has 1 amide bonds. The molecule has 0 aromatic heterocycles. The molecule has 21 heavy (non-hydrogen) atoms. The van der Waals surface area contributed by atoms with Gasteiger partial charge in [0.1, 0.15) is 0 Å². The van der Waals surface area contributed by atoms with E-state index in [1.54, 1.807) is 12.1 Å². The van der Waals surface area contributed by atoms with Crippen LogP contribution in [-0.4, -0.2) is 20.0 Å². The third kappa shape index (κ3) is 4.33. The van der Waals surface area contributed by atoms with Gasteiger partial charge in [0.05, 0.1) is 0 Å². The summed E-state index contributed by atoms with van der Waals surface area (Å²) in [7, 11) is 4.06. The Labute approximate surface area is 125 Å². The maximum Gasteiger partial charge on any atom is 0.248 e. The summed E-state index contributed by atoms with van der Waals surface area (Å²) < 4.78 is 0. The van der Waals surface area contributed by atoms with Gasteiger partial charge in [-0.1, -0.05) is 24.3 Å². The lowest BCUT2D eigenvalue weighted by molar-refractivity contribution is 0.100. The largest absolute Gasteiger partial charge is 0.378 e. The lowest BCUT2D eigenvalue weighted by atomic mass is 10.1. The standard InChI is InChI=1S/C17H21N3O/c1-20(2)16-9-5-14(6-10-16)12-19-11-13-3-7-15(8-4-13)17(18)21/h3-10,19H,11-12H2,1-2H3,(H2,18,21). The Hall–Kier alpha value is -2.33. The third-order valence-electron chi connectivity index (χ3n) is 3.35. The van der Waals surface area contributed by atoms with E-state index in [0.717, 1.165) is 18.7 Å². The van der Waals surface area contributed by atoms with Crippen LogP contribution in [0, 0.1) is 0 Å². The summed E-state index contributed by atoms with van der Waals surface area (Å²) in [4.78, 5) is 13.1. The van der Waals surface area contributed by atoms with Gasteiger partial charge in [-0.25, -0.2) is 0 Å². The Morgan fingerprint density at radius 3 is 1.86 bits per heavy atom. The zero-order valence-corrected chi connectivity index (χ0v) is 12.5. The van der Waals surface area contributed by atoms with E-state index < -0.39 is 5.91 Å². The minimum atomic E-state index is -0.393. The van der Waals surface area contributed by atoms with Crippen LogP contribution in [0.4, 0.5) is 5.69 Å². The summed E-state index contributed by atoms with van der Waals surface area (Å²) in [6.07, 6.45) is 0. The summed E-state index contributed by atoms with van der Waals surface area (Å²) in [5.74, 6) is -0.393. The van der Waals surface area contributed by atoms with E-state index in [0.29, 0.717) is 5.56 Å². The fourth-order valence-electron chi connectivity index (χ4n) is 2.05. The molecule has 4 nitrogen and oxygen atoms in total. The van der Waals surface area contributed by atoms with Crippen molar-refractivity contribution in [2.75, 3.05) is 19.0 Å². The van der Waals surface area contributed by atoms with Gasteiger partial charge in [0.25, 0.3) is 0 Å². The summed E-state index contributed by atoms with van der Waals surface area (Å²) in [5, 5.41) is 3.39. The van der Waals surface area contributed by atoms with Crippen molar-refractivity contribution < 1.29 is 4.79 Å². The lowest BCUT2D eigenvalue weighted by Gasteiger charge is -2.13. The van der Waals surface area contributed by atoms with Gasteiger partial charge in [-0.3, -0.25) is 4.79 Å². The first-order chi connectivity index (χ1) is 10.1. The highest BCUT2D eigenvalue weighted by Gasteiger charge is 2.00.